The number of aromatic amines is 1. The largest absolute Gasteiger partial charge is 0.352 e. The molecular weight excluding hydrogens is 288 g/mol. The van der Waals surface area contributed by atoms with E-state index in [1.165, 1.54) is 29.2 Å². The van der Waals surface area contributed by atoms with E-state index in [4.69, 9.17) is 0 Å². The molecule has 1 saturated carbocycles. The molecule has 7 heteroatoms. The Morgan fingerprint density at radius 3 is 2.81 bits per heavy atom. The van der Waals surface area contributed by atoms with Crippen LogP contribution in [0.3, 0.4) is 0 Å². The predicted molar refractivity (Wildman–Crippen MR) is 83.3 cm³/mol. The van der Waals surface area contributed by atoms with Crippen LogP contribution < -0.4 is 11.0 Å². The number of hydrogen-bond acceptors (Lipinski definition) is 4. The number of carbonyl (C=O) groups excluding carboxylic acids is 1. The van der Waals surface area contributed by atoms with Gasteiger partial charge in [-0.1, -0.05) is 38.5 Å². The first-order valence-corrected chi connectivity index (χ1v) is 8.36. The van der Waals surface area contributed by atoms with E-state index in [0.717, 1.165) is 6.42 Å². The van der Waals surface area contributed by atoms with Crippen molar-refractivity contribution in [3.63, 3.8) is 0 Å². The lowest BCUT2D eigenvalue weighted by Gasteiger charge is -2.35. The summed E-state index contributed by atoms with van der Waals surface area (Å²) in [5.74, 6) is 1.18. The second-order valence-corrected chi connectivity index (χ2v) is 7.32. The monoisotopic (exact) mass is 312 g/mol. The number of aromatic nitrogens is 3. The van der Waals surface area contributed by atoms with E-state index in [1.54, 1.807) is 7.05 Å². The summed E-state index contributed by atoms with van der Waals surface area (Å²) in [6.07, 6.45) is 3.47. The van der Waals surface area contributed by atoms with Gasteiger partial charge in [-0.15, -0.1) is 5.10 Å². The molecular formula is C14H24N4O2S. The Bertz CT molecular complexity index is 553. The minimum Gasteiger partial charge on any atom is -0.352 e. The van der Waals surface area contributed by atoms with Crippen molar-refractivity contribution in [3.8, 4) is 0 Å². The summed E-state index contributed by atoms with van der Waals surface area (Å²) in [6.45, 7) is 6.31. The number of nitrogens with zero attached hydrogens (tertiary/aromatic N) is 2. The van der Waals surface area contributed by atoms with Crippen LogP contribution in [-0.4, -0.2) is 32.0 Å². The van der Waals surface area contributed by atoms with Crippen molar-refractivity contribution in [1.82, 2.24) is 20.1 Å². The Labute approximate surface area is 129 Å². The van der Waals surface area contributed by atoms with Crippen LogP contribution in [0.4, 0.5) is 0 Å². The van der Waals surface area contributed by atoms with Crippen LogP contribution in [0.15, 0.2) is 9.95 Å². The zero-order valence-electron chi connectivity index (χ0n) is 13.0. The molecule has 4 unspecified atom stereocenters. The summed E-state index contributed by atoms with van der Waals surface area (Å²) >= 11 is 1.30. The van der Waals surface area contributed by atoms with E-state index in [1.807, 2.05) is 6.92 Å². The minimum atomic E-state index is -0.275. The number of thioether (sulfide) groups is 1. The third-order valence-electron chi connectivity index (χ3n) is 4.52. The van der Waals surface area contributed by atoms with Gasteiger partial charge in [-0.25, -0.2) is 9.89 Å². The second kappa shape index (κ2) is 6.68. The molecule has 118 valence electrons. The Morgan fingerprint density at radius 2 is 2.19 bits per heavy atom. The molecule has 1 aliphatic carbocycles. The van der Waals surface area contributed by atoms with E-state index >= 15 is 0 Å². The fraction of sp³-hybridized carbons (Fsp3) is 0.786. The third kappa shape index (κ3) is 3.70. The van der Waals surface area contributed by atoms with Gasteiger partial charge < -0.3 is 5.32 Å². The lowest BCUT2D eigenvalue weighted by molar-refractivity contribution is -0.121. The Hall–Kier alpha value is -1.24. The topological polar surface area (TPSA) is 79.8 Å². The molecule has 0 aliphatic heterocycles. The Morgan fingerprint density at radius 1 is 1.48 bits per heavy atom. The molecule has 1 aromatic heterocycles. The number of amides is 1. The molecule has 2 N–H and O–H groups in total. The van der Waals surface area contributed by atoms with E-state index in [-0.39, 0.29) is 22.9 Å². The SMILES string of the molecule is CC(Sc1n[nH]c(=O)n1C)C(=O)NC1CCCC(C)C1C. The zero-order chi connectivity index (χ0) is 15.6. The fourth-order valence-electron chi connectivity index (χ4n) is 2.74. The molecule has 0 radical (unpaired) electrons. The van der Waals surface area contributed by atoms with E-state index in [0.29, 0.717) is 17.0 Å². The van der Waals surface area contributed by atoms with Gasteiger partial charge in [0.2, 0.25) is 5.91 Å². The highest BCUT2D eigenvalue weighted by atomic mass is 32.2. The lowest BCUT2D eigenvalue weighted by atomic mass is 9.78. The van der Waals surface area contributed by atoms with Crippen LogP contribution >= 0.6 is 11.8 Å². The summed E-state index contributed by atoms with van der Waals surface area (Å²) in [4.78, 5) is 23.6. The molecule has 1 heterocycles. The van der Waals surface area contributed by atoms with Crippen molar-refractivity contribution < 1.29 is 4.79 Å². The van der Waals surface area contributed by atoms with Gasteiger partial charge in [0.15, 0.2) is 5.16 Å². The van der Waals surface area contributed by atoms with Crippen molar-refractivity contribution in [2.24, 2.45) is 18.9 Å². The molecule has 1 amide bonds. The van der Waals surface area contributed by atoms with Crippen molar-refractivity contribution in [2.75, 3.05) is 0 Å². The maximum atomic E-state index is 12.3. The van der Waals surface area contributed by atoms with Gasteiger partial charge >= 0.3 is 5.69 Å². The molecule has 1 aromatic rings. The lowest BCUT2D eigenvalue weighted by Crippen LogP contribution is -2.46. The van der Waals surface area contributed by atoms with Gasteiger partial charge in [-0.05, 0) is 25.2 Å². The van der Waals surface area contributed by atoms with Crippen molar-refractivity contribution >= 4 is 17.7 Å². The predicted octanol–water partition coefficient (Wildman–Crippen LogP) is 1.53. The number of hydrogen-bond donors (Lipinski definition) is 2. The number of H-pyrrole nitrogens is 1. The first-order chi connectivity index (χ1) is 9.90. The van der Waals surface area contributed by atoms with Gasteiger partial charge in [0.25, 0.3) is 0 Å². The standard InChI is InChI=1S/C14H24N4O2S/c1-8-6-5-7-11(9(8)2)15-12(19)10(3)21-14-17-16-13(20)18(14)4/h8-11H,5-7H2,1-4H3,(H,15,19)(H,16,20). The summed E-state index contributed by atoms with van der Waals surface area (Å²) in [5, 5.41) is 9.72. The summed E-state index contributed by atoms with van der Waals surface area (Å²) in [5.41, 5.74) is -0.264. The van der Waals surface area contributed by atoms with Gasteiger partial charge in [-0.2, -0.15) is 0 Å². The van der Waals surface area contributed by atoms with Crippen LogP contribution in [-0.2, 0) is 11.8 Å². The van der Waals surface area contributed by atoms with Crippen molar-refractivity contribution in [3.05, 3.63) is 10.5 Å². The molecule has 21 heavy (non-hydrogen) atoms. The molecule has 0 aromatic carbocycles. The first-order valence-electron chi connectivity index (χ1n) is 7.48. The molecule has 0 bridgehead atoms. The highest BCUT2D eigenvalue weighted by Gasteiger charge is 2.29. The first kappa shape index (κ1) is 16.1. The maximum Gasteiger partial charge on any atom is 0.343 e. The van der Waals surface area contributed by atoms with Gasteiger partial charge in [0.05, 0.1) is 5.25 Å². The highest BCUT2D eigenvalue weighted by Crippen LogP contribution is 2.30. The van der Waals surface area contributed by atoms with E-state index < -0.39 is 0 Å². The number of nitrogens with one attached hydrogen (secondary N) is 2. The van der Waals surface area contributed by atoms with Crippen LogP contribution in [0.1, 0.15) is 40.0 Å². The normalized spacial score (nSPS) is 27.3. The van der Waals surface area contributed by atoms with Gasteiger partial charge in [-0.3, -0.25) is 9.36 Å². The van der Waals surface area contributed by atoms with E-state index in [2.05, 4.69) is 29.4 Å². The number of carbonyl (C=O) groups is 1. The summed E-state index contributed by atoms with van der Waals surface area (Å²) in [6, 6.07) is 0.257. The van der Waals surface area contributed by atoms with Crippen LogP contribution in [0.2, 0.25) is 0 Å². The average molecular weight is 312 g/mol. The van der Waals surface area contributed by atoms with Crippen molar-refractivity contribution in [2.45, 2.75) is 56.5 Å². The average Bonchev–Trinajstić information content (AvgIpc) is 2.75. The molecule has 0 spiro atoms. The van der Waals surface area contributed by atoms with Crippen LogP contribution in [0.5, 0.6) is 0 Å². The summed E-state index contributed by atoms with van der Waals surface area (Å²) in [7, 11) is 1.64. The molecule has 2 rings (SSSR count). The van der Waals surface area contributed by atoms with Gasteiger partial charge in [0.1, 0.15) is 0 Å². The van der Waals surface area contributed by atoms with E-state index in [9.17, 15) is 9.59 Å². The van der Waals surface area contributed by atoms with Crippen LogP contribution in [0.25, 0.3) is 0 Å². The second-order valence-electron chi connectivity index (χ2n) is 6.01. The number of rotatable bonds is 4. The summed E-state index contributed by atoms with van der Waals surface area (Å²) < 4.78 is 1.42. The zero-order valence-corrected chi connectivity index (χ0v) is 13.9. The van der Waals surface area contributed by atoms with Crippen LogP contribution in [0, 0.1) is 11.8 Å². The van der Waals surface area contributed by atoms with Crippen molar-refractivity contribution in [1.29, 1.82) is 0 Å². The smallest absolute Gasteiger partial charge is 0.343 e. The molecule has 0 saturated heterocycles. The third-order valence-corrected chi connectivity index (χ3v) is 5.67. The molecule has 4 atom stereocenters. The minimum absolute atomic E-state index is 0.0152. The molecule has 1 aliphatic rings. The molecule has 6 nitrogen and oxygen atoms in total. The molecule has 1 fully saturated rings. The Balaban J connectivity index is 1.93. The highest BCUT2D eigenvalue weighted by molar-refractivity contribution is 8.00. The quantitative estimate of drug-likeness (QED) is 0.826. The Kier molecular flexibility index (Phi) is 5.13. The maximum absolute atomic E-state index is 12.3. The fourth-order valence-corrected chi connectivity index (χ4v) is 3.57. The van der Waals surface area contributed by atoms with Gasteiger partial charge in [0, 0.05) is 13.1 Å².